The lowest BCUT2D eigenvalue weighted by molar-refractivity contribution is 0.0848. The van der Waals surface area contributed by atoms with Crippen molar-refractivity contribution in [3.8, 4) is 0 Å². The molecule has 3 heterocycles. The Morgan fingerprint density at radius 1 is 1.24 bits per heavy atom. The Balaban J connectivity index is 1.76. The summed E-state index contributed by atoms with van der Waals surface area (Å²) in [5.41, 5.74) is -0.141. The highest BCUT2D eigenvalue weighted by Crippen LogP contribution is 2.39. The van der Waals surface area contributed by atoms with Gasteiger partial charge in [-0.1, -0.05) is 0 Å². The van der Waals surface area contributed by atoms with E-state index in [1.165, 1.54) is 16.0 Å². The van der Waals surface area contributed by atoms with Crippen LogP contribution in [-0.2, 0) is 16.6 Å². The third-order valence-corrected chi connectivity index (χ3v) is 7.10. The summed E-state index contributed by atoms with van der Waals surface area (Å²) in [6.45, 7) is 5.75. The van der Waals surface area contributed by atoms with Gasteiger partial charge in [0, 0.05) is 34.9 Å². The molecule has 2 saturated heterocycles. The van der Waals surface area contributed by atoms with Crippen LogP contribution in [0.2, 0.25) is 0 Å². The second-order valence-corrected chi connectivity index (χ2v) is 9.77. The summed E-state index contributed by atoms with van der Waals surface area (Å²) in [5, 5.41) is 0. The lowest BCUT2D eigenvalue weighted by atomic mass is 9.87. The average molecular weight is 329 g/mol. The van der Waals surface area contributed by atoms with Crippen LogP contribution in [0.3, 0.4) is 0 Å². The SMILES string of the molecule is Cc1ccc(CN2CCC[C@]3(CCCN3S(C)(=O)=O)C2)s1. The van der Waals surface area contributed by atoms with Gasteiger partial charge in [0.25, 0.3) is 0 Å². The van der Waals surface area contributed by atoms with E-state index in [0.717, 1.165) is 45.3 Å². The normalized spacial score (nSPS) is 28.5. The van der Waals surface area contributed by atoms with Crippen molar-refractivity contribution in [2.45, 2.75) is 44.7 Å². The predicted molar refractivity (Wildman–Crippen MR) is 87.1 cm³/mol. The summed E-state index contributed by atoms with van der Waals surface area (Å²) in [7, 11) is -3.09. The summed E-state index contributed by atoms with van der Waals surface area (Å²) in [6.07, 6.45) is 5.48. The van der Waals surface area contributed by atoms with E-state index in [0.29, 0.717) is 6.54 Å². The van der Waals surface area contributed by atoms with E-state index < -0.39 is 10.0 Å². The molecule has 2 aliphatic rings. The first kappa shape index (κ1) is 15.5. The van der Waals surface area contributed by atoms with E-state index in [1.807, 2.05) is 11.3 Å². The molecular formula is C15H24N2O2S2. The van der Waals surface area contributed by atoms with Gasteiger partial charge in [0.05, 0.1) is 6.26 Å². The fraction of sp³-hybridized carbons (Fsp3) is 0.733. The minimum absolute atomic E-state index is 0.141. The van der Waals surface area contributed by atoms with E-state index in [-0.39, 0.29) is 5.54 Å². The second kappa shape index (κ2) is 5.65. The van der Waals surface area contributed by atoms with E-state index >= 15 is 0 Å². The Kier molecular flexibility index (Phi) is 4.16. The van der Waals surface area contributed by atoms with Gasteiger partial charge >= 0.3 is 0 Å². The predicted octanol–water partition coefficient (Wildman–Crippen LogP) is 2.45. The number of likely N-dealkylation sites (tertiary alicyclic amines) is 1. The van der Waals surface area contributed by atoms with Gasteiger partial charge in [-0.25, -0.2) is 8.42 Å². The molecule has 0 saturated carbocycles. The topological polar surface area (TPSA) is 40.6 Å². The number of nitrogens with zero attached hydrogens (tertiary/aromatic N) is 2. The number of hydrogen-bond donors (Lipinski definition) is 0. The molecule has 0 aliphatic carbocycles. The zero-order valence-corrected chi connectivity index (χ0v) is 14.5. The molecule has 0 radical (unpaired) electrons. The summed E-state index contributed by atoms with van der Waals surface area (Å²) in [5.74, 6) is 0. The van der Waals surface area contributed by atoms with Crippen molar-refractivity contribution >= 4 is 21.4 Å². The first-order valence-corrected chi connectivity index (χ1v) is 10.3. The van der Waals surface area contributed by atoms with Crippen LogP contribution >= 0.6 is 11.3 Å². The van der Waals surface area contributed by atoms with E-state index in [4.69, 9.17) is 0 Å². The van der Waals surface area contributed by atoms with Crippen molar-refractivity contribution in [2.75, 3.05) is 25.9 Å². The third-order valence-electron chi connectivity index (χ3n) is 4.74. The zero-order chi connectivity index (χ0) is 15.1. The molecule has 118 valence electrons. The van der Waals surface area contributed by atoms with Gasteiger partial charge in [-0.15, -0.1) is 11.3 Å². The molecular weight excluding hydrogens is 304 g/mol. The van der Waals surface area contributed by atoms with Gasteiger partial charge in [-0.2, -0.15) is 4.31 Å². The molecule has 1 spiro atoms. The Hall–Kier alpha value is -0.430. The number of aryl methyl sites for hydroxylation is 1. The number of rotatable bonds is 3. The van der Waals surface area contributed by atoms with Crippen molar-refractivity contribution in [1.29, 1.82) is 0 Å². The average Bonchev–Trinajstić information content (AvgIpc) is 2.96. The first-order valence-electron chi connectivity index (χ1n) is 7.65. The molecule has 21 heavy (non-hydrogen) atoms. The number of piperidine rings is 1. The second-order valence-electron chi connectivity index (χ2n) is 6.49. The van der Waals surface area contributed by atoms with Crippen molar-refractivity contribution in [2.24, 2.45) is 0 Å². The summed E-state index contributed by atoms with van der Waals surface area (Å²) in [4.78, 5) is 5.17. The number of thiophene rings is 1. The van der Waals surface area contributed by atoms with Gasteiger partial charge in [0.2, 0.25) is 10.0 Å². The molecule has 2 fully saturated rings. The van der Waals surface area contributed by atoms with Gasteiger partial charge in [0.15, 0.2) is 0 Å². The van der Waals surface area contributed by atoms with Gasteiger partial charge in [-0.3, -0.25) is 4.90 Å². The van der Waals surface area contributed by atoms with E-state index in [9.17, 15) is 8.42 Å². The quantitative estimate of drug-likeness (QED) is 0.856. The van der Waals surface area contributed by atoms with Crippen LogP contribution in [0.25, 0.3) is 0 Å². The minimum Gasteiger partial charge on any atom is -0.296 e. The Morgan fingerprint density at radius 2 is 1.95 bits per heavy atom. The van der Waals surface area contributed by atoms with Gasteiger partial charge in [0.1, 0.15) is 0 Å². The van der Waals surface area contributed by atoms with Crippen LogP contribution in [-0.4, -0.2) is 49.1 Å². The fourth-order valence-corrected chi connectivity index (χ4v) is 6.31. The monoisotopic (exact) mass is 328 g/mol. The van der Waals surface area contributed by atoms with E-state index in [2.05, 4.69) is 24.0 Å². The molecule has 1 aromatic heterocycles. The maximum atomic E-state index is 12.1. The molecule has 0 amide bonds. The third kappa shape index (κ3) is 3.18. The molecule has 0 unspecified atom stereocenters. The van der Waals surface area contributed by atoms with Crippen LogP contribution in [0.1, 0.15) is 35.4 Å². The number of hydrogen-bond acceptors (Lipinski definition) is 4. The highest BCUT2D eigenvalue weighted by atomic mass is 32.2. The molecule has 0 aromatic carbocycles. The van der Waals surface area contributed by atoms with Crippen LogP contribution in [0, 0.1) is 6.92 Å². The van der Waals surface area contributed by atoms with E-state index in [1.54, 1.807) is 4.31 Å². The van der Waals surface area contributed by atoms with Crippen molar-refractivity contribution in [1.82, 2.24) is 9.21 Å². The molecule has 6 heteroatoms. The van der Waals surface area contributed by atoms with Crippen LogP contribution < -0.4 is 0 Å². The van der Waals surface area contributed by atoms with Crippen molar-refractivity contribution in [3.05, 3.63) is 21.9 Å². The largest absolute Gasteiger partial charge is 0.296 e. The smallest absolute Gasteiger partial charge is 0.211 e. The summed E-state index contributed by atoms with van der Waals surface area (Å²) >= 11 is 1.85. The summed E-state index contributed by atoms with van der Waals surface area (Å²) < 4.78 is 26.0. The lowest BCUT2D eigenvalue weighted by Gasteiger charge is -2.44. The molecule has 2 aliphatic heterocycles. The molecule has 0 bridgehead atoms. The van der Waals surface area contributed by atoms with Gasteiger partial charge in [-0.05, 0) is 51.3 Å². The van der Waals surface area contributed by atoms with Crippen LogP contribution in [0.5, 0.6) is 0 Å². The maximum absolute atomic E-state index is 12.1. The number of sulfonamides is 1. The molecule has 1 aromatic rings. The van der Waals surface area contributed by atoms with Crippen LogP contribution in [0.4, 0.5) is 0 Å². The molecule has 3 rings (SSSR count). The van der Waals surface area contributed by atoms with Crippen LogP contribution in [0.15, 0.2) is 12.1 Å². The van der Waals surface area contributed by atoms with Crippen molar-refractivity contribution < 1.29 is 8.42 Å². The molecule has 0 N–H and O–H groups in total. The highest BCUT2D eigenvalue weighted by molar-refractivity contribution is 7.88. The highest BCUT2D eigenvalue weighted by Gasteiger charge is 2.47. The zero-order valence-electron chi connectivity index (χ0n) is 12.8. The van der Waals surface area contributed by atoms with Gasteiger partial charge < -0.3 is 0 Å². The van der Waals surface area contributed by atoms with Crippen molar-refractivity contribution in [3.63, 3.8) is 0 Å². The lowest BCUT2D eigenvalue weighted by Crippen LogP contribution is -2.56. The standard InChI is InChI=1S/C15H24N2O2S2/c1-13-5-6-14(20-13)11-16-9-3-7-15(12-16)8-4-10-17(15)21(2,18)19/h5-6H,3-4,7-12H2,1-2H3/t15-/m0/s1. The molecule has 1 atom stereocenters. The molecule has 4 nitrogen and oxygen atoms in total. The maximum Gasteiger partial charge on any atom is 0.211 e. The first-order chi connectivity index (χ1) is 9.89. The summed E-state index contributed by atoms with van der Waals surface area (Å²) in [6, 6.07) is 4.36. The Bertz CT molecular complexity index is 611. The minimum atomic E-state index is -3.09. The fourth-order valence-electron chi connectivity index (χ4n) is 3.97. The Labute approximate surface area is 131 Å². The Morgan fingerprint density at radius 3 is 2.57 bits per heavy atom.